The molecule has 0 spiro atoms. The maximum atomic E-state index is 6.39. The van der Waals surface area contributed by atoms with Gasteiger partial charge in [0.1, 0.15) is 0 Å². The highest BCUT2D eigenvalue weighted by molar-refractivity contribution is 4.90. The van der Waals surface area contributed by atoms with E-state index >= 15 is 0 Å². The lowest BCUT2D eigenvalue weighted by Crippen LogP contribution is -2.41. The summed E-state index contributed by atoms with van der Waals surface area (Å²) in [6, 6.07) is 0.432. The van der Waals surface area contributed by atoms with Crippen molar-refractivity contribution >= 4 is 0 Å². The van der Waals surface area contributed by atoms with Crippen LogP contribution in [0.1, 0.15) is 58.8 Å². The molecule has 1 atom stereocenters. The number of hydrogen-bond acceptors (Lipinski definition) is 2. The Labute approximate surface area is 107 Å². The van der Waals surface area contributed by atoms with Crippen molar-refractivity contribution in [3.63, 3.8) is 0 Å². The molecule has 100 valence electrons. The van der Waals surface area contributed by atoms with Gasteiger partial charge in [0.15, 0.2) is 0 Å². The molecule has 0 amide bonds. The van der Waals surface area contributed by atoms with Gasteiger partial charge in [-0.1, -0.05) is 26.7 Å². The molecule has 0 radical (unpaired) electrons. The maximum absolute atomic E-state index is 6.39. The Morgan fingerprint density at radius 2 is 1.88 bits per heavy atom. The van der Waals surface area contributed by atoms with Crippen LogP contribution >= 0.6 is 0 Å². The van der Waals surface area contributed by atoms with Crippen LogP contribution < -0.4 is 5.73 Å². The van der Waals surface area contributed by atoms with Crippen LogP contribution in [0.2, 0.25) is 0 Å². The molecule has 2 fully saturated rings. The summed E-state index contributed by atoms with van der Waals surface area (Å²) in [6.07, 6.45) is 9.62. The molecule has 2 rings (SSSR count). The average Bonchev–Trinajstić information content (AvgIpc) is 2.98. The predicted molar refractivity (Wildman–Crippen MR) is 74.0 cm³/mol. The van der Waals surface area contributed by atoms with Gasteiger partial charge in [-0.25, -0.2) is 0 Å². The fourth-order valence-corrected chi connectivity index (χ4v) is 3.84. The maximum Gasteiger partial charge on any atom is 0.0196 e. The number of hydrogen-bond donors (Lipinski definition) is 1. The third kappa shape index (κ3) is 3.03. The fraction of sp³-hybridized carbons (Fsp3) is 1.00. The van der Waals surface area contributed by atoms with E-state index in [4.69, 9.17) is 5.73 Å². The molecule has 0 bridgehead atoms. The summed E-state index contributed by atoms with van der Waals surface area (Å²) in [5.74, 6) is 0.813. The van der Waals surface area contributed by atoms with Crippen LogP contribution in [-0.4, -0.2) is 30.6 Å². The molecule has 0 aromatic carbocycles. The molecule has 2 heteroatoms. The minimum Gasteiger partial charge on any atom is -0.326 e. The van der Waals surface area contributed by atoms with E-state index in [0.29, 0.717) is 11.5 Å². The second-order valence-corrected chi connectivity index (χ2v) is 6.40. The summed E-state index contributed by atoms with van der Waals surface area (Å²) in [6.45, 7) is 8.42. The highest BCUT2D eigenvalue weighted by Crippen LogP contribution is 2.37. The monoisotopic (exact) mass is 238 g/mol. The van der Waals surface area contributed by atoms with E-state index in [2.05, 4.69) is 18.7 Å². The SMILES string of the molecule is CCC1(CC)CCN(CC(N)C2CCCC2)C1. The van der Waals surface area contributed by atoms with Gasteiger partial charge in [-0.2, -0.15) is 0 Å². The molecular weight excluding hydrogens is 208 g/mol. The zero-order valence-electron chi connectivity index (χ0n) is 11.8. The first kappa shape index (κ1) is 13.4. The van der Waals surface area contributed by atoms with Crippen LogP contribution in [0.3, 0.4) is 0 Å². The molecule has 1 aliphatic carbocycles. The first-order chi connectivity index (χ1) is 8.19. The van der Waals surface area contributed by atoms with E-state index in [9.17, 15) is 0 Å². The fourth-order valence-electron chi connectivity index (χ4n) is 3.84. The molecule has 1 unspecified atom stereocenters. The van der Waals surface area contributed by atoms with Gasteiger partial charge < -0.3 is 10.6 Å². The van der Waals surface area contributed by atoms with Gasteiger partial charge in [0.2, 0.25) is 0 Å². The standard InChI is InChI=1S/C15H30N2/c1-3-15(4-2)9-10-17(12-15)11-14(16)13-7-5-6-8-13/h13-14H,3-12,16H2,1-2H3. The van der Waals surface area contributed by atoms with Crippen molar-refractivity contribution in [2.45, 2.75) is 64.8 Å². The second-order valence-electron chi connectivity index (χ2n) is 6.40. The number of rotatable bonds is 5. The summed E-state index contributed by atoms with van der Waals surface area (Å²) >= 11 is 0. The molecule has 2 aliphatic rings. The number of nitrogens with two attached hydrogens (primary N) is 1. The highest BCUT2D eigenvalue weighted by Gasteiger charge is 2.36. The molecule has 1 saturated heterocycles. The summed E-state index contributed by atoms with van der Waals surface area (Å²) in [4.78, 5) is 2.63. The van der Waals surface area contributed by atoms with Gasteiger partial charge in [0, 0.05) is 19.1 Å². The molecule has 0 aromatic rings. The zero-order valence-corrected chi connectivity index (χ0v) is 11.8. The molecule has 1 aliphatic heterocycles. The van der Waals surface area contributed by atoms with E-state index in [1.165, 1.54) is 58.0 Å². The minimum absolute atomic E-state index is 0.432. The summed E-state index contributed by atoms with van der Waals surface area (Å²) in [5.41, 5.74) is 7.00. The van der Waals surface area contributed by atoms with Gasteiger partial charge >= 0.3 is 0 Å². The average molecular weight is 238 g/mol. The Bertz CT molecular complexity index is 229. The van der Waals surface area contributed by atoms with Gasteiger partial charge in [-0.3, -0.25) is 0 Å². The smallest absolute Gasteiger partial charge is 0.0196 e. The summed E-state index contributed by atoms with van der Waals surface area (Å²) < 4.78 is 0. The van der Waals surface area contributed by atoms with E-state index < -0.39 is 0 Å². The highest BCUT2D eigenvalue weighted by atomic mass is 15.2. The van der Waals surface area contributed by atoms with Crippen molar-refractivity contribution in [1.82, 2.24) is 4.90 Å². The Kier molecular flexibility index (Phi) is 4.48. The minimum atomic E-state index is 0.432. The van der Waals surface area contributed by atoms with Crippen molar-refractivity contribution in [3.8, 4) is 0 Å². The van der Waals surface area contributed by atoms with Crippen molar-refractivity contribution < 1.29 is 0 Å². The largest absolute Gasteiger partial charge is 0.326 e. The van der Waals surface area contributed by atoms with E-state index in [1.54, 1.807) is 0 Å². The van der Waals surface area contributed by atoms with E-state index in [1.807, 2.05) is 0 Å². The normalized spacial score (nSPS) is 27.7. The third-order valence-corrected chi connectivity index (χ3v) is 5.49. The van der Waals surface area contributed by atoms with Crippen LogP contribution in [0.4, 0.5) is 0 Å². The number of likely N-dealkylation sites (tertiary alicyclic amines) is 1. The zero-order chi connectivity index (χ0) is 12.3. The van der Waals surface area contributed by atoms with Crippen molar-refractivity contribution in [2.24, 2.45) is 17.1 Å². The van der Waals surface area contributed by atoms with E-state index in [0.717, 1.165) is 12.5 Å². The first-order valence-electron chi connectivity index (χ1n) is 7.67. The predicted octanol–water partition coefficient (Wildman–Crippen LogP) is 3.02. The molecule has 2 nitrogen and oxygen atoms in total. The molecule has 0 aromatic heterocycles. The Morgan fingerprint density at radius 3 is 2.41 bits per heavy atom. The summed E-state index contributed by atoms with van der Waals surface area (Å²) in [5, 5.41) is 0. The molecule has 1 saturated carbocycles. The lowest BCUT2D eigenvalue weighted by Gasteiger charge is -2.29. The van der Waals surface area contributed by atoms with Crippen molar-refractivity contribution in [1.29, 1.82) is 0 Å². The van der Waals surface area contributed by atoms with Crippen molar-refractivity contribution in [3.05, 3.63) is 0 Å². The van der Waals surface area contributed by atoms with Crippen LogP contribution in [-0.2, 0) is 0 Å². The Hall–Kier alpha value is -0.0800. The summed E-state index contributed by atoms with van der Waals surface area (Å²) in [7, 11) is 0. The number of nitrogens with zero attached hydrogens (tertiary/aromatic N) is 1. The second kappa shape index (κ2) is 5.71. The topological polar surface area (TPSA) is 29.3 Å². The lowest BCUT2D eigenvalue weighted by atomic mass is 9.82. The first-order valence-corrected chi connectivity index (χ1v) is 7.67. The van der Waals surface area contributed by atoms with Crippen LogP contribution in [0.15, 0.2) is 0 Å². The van der Waals surface area contributed by atoms with Crippen LogP contribution in [0, 0.1) is 11.3 Å². The van der Waals surface area contributed by atoms with Crippen LogP contribution in [0.5, 0.6) is 0 Å². The Morgan fingerprint density at radius 1 is 1.24 bits per heavy atom. The van der Waals surface area contributed by atoms with Gasteiger partial charge in [0.25, 0.3) is 0 Å². The molecule has 2 N–H and O–H groups in total. The molecule has 1 heterocycles. The molecular formula is C15H30N2. The van der Waals surface area contributed by atoms with Crippen LogP contribution in [0.25, 0.3) is 0 Å². The quantitative estimate of drug-likeness (QED) is 0.798. The Balaban J connectivity index is 1.80. The third-order valence-electron chi connectivity index (χ3n) is 5.49. The van der Waals surface area contributed by atoms with Gasteiger partial charge in [-0.15, -0.1) is 0 Å². The van der Waals surface area contributed by atoms with Gasteiger partial charge in [0.05, 0.1) is 0 Å². The lowest BCUT2D eigenvalue weighted by molar-refractivity contribution is 0.218. The van der Waals surface area contributed by atoms with Crippen molar-refractivity contribution in [2.75, 3.05) is 19.6 Å². The molecule has 17 heavy (non-hydrogen) atoms. The van der Waals surface area contributed by atoms with E-state index in [-0.39, 0.29) is 0 Å². The van der Waals surface area contributed by atoms with Gasteiger partial charge in [-0.05, 0) is 50.0 Å².